The molecule has 1 aromatic heterocycles. The summed E-state index contributed by atoms with van der Waals surface area (Å²) in [5.74, 6) is 0. The van der Waals surface area contributed by atoms with Crippen molar-refractivity contribution in [3.8, 4) is 0 Å². The molecule has 68 valence electrons. The number of hydrogen-bond acceptors (Lipinski definition) is 0. The first kappa shape index (κ1) is 9.28. The van der Waals surface area contributed by atoms with Gasteiger partial charge in [0.1, 0.15) is 0 Å². The number of nitrogens with one attached hydrogen (secondary N) is 1. The Morgan fingerprint density at radius 3 is 2.85 bits per heavy atom. The van der Waals surface area contributed by atoms with Gasteiger partial charge in [-0.1, -0.05) is 6.92 Å². The van der Waals surface area contributed by atoms with Crippen LogP contribution in [0.5, 0.6) is 0 Å². The molecular formula is C10H9Br2N. The molecule has 13 heavy (non-hydrogen) atoms. The Bertz CT molecular complexity index is 445. The van der Waals surface area contributed by atoms with Crippen LogP contribution in [0.1, 0.15) is 12.5 Å². The molecule has 0 saturated heterocycles. The Morgan fingerprint density at radius 1 is 1.38 bits per heavy atom. The molecule has 0 atom stereocenters. The molecule has 0 spiro atoms. The molecule has 1 aromatic carbocycles. The van der Waals surface area contributed by atoms with Crippen LogP contribution in [0.3, 0.4) is 0 Å². The minimum atomic E-state index is 1.06. The van der Waals surface area contributed by atoms with Crippen LogP contribution in [0.2, 0.25) is 0 Å². The molecule has 2 aromatic rings. The number of aromatic nitrogens is 1. The van der Waals surface area contributed by atoms with E-state index in [1.165, 1.54) is 16.5 Å². The zero-order valence-electron chi connectivity index (χ0n) is 7.20. The average Bonchev–Trinajstić information content (AvgIpc) is 2.60. The van der Waals surface area contributed by atoms with Crippen LogP contribution in [0.25, 0.3) is 10.9 Å². The molecule has 1 nitrogen and oxygen atoms in total. The summed E-state index contributed by atoms with van der Waals surface area (Å²) in [6, 6.07) is 4.28. The summed E-state index contributed by atoms with van der Waals surface area (Å²) in [6.07, 6.45) is 3.03. The van der Waals surface area contributed by atoms with Gasteiger partial charge >= 0.3 is 0 Å². The number of H-pyrrole nitrogens is 1. The van der Waals surface area contributed by atoms with Crippen LogP contribution in [-0.4, -0.2) is 4.98 Å². The highest BCUT2D eigenvalue weighted by atomic mass is 79.9. The number of hydrogen-bond donors (Lipinski definition) is 1. The molecule has 0 amide bonds. The standard InChI is InChI=1S/C10H9Br2N/c1-2-6-5-8(11)9(12)10-7(6)3-4-13-10/h3-5,13H,2H2,1H3. The lowest BCUT2D eigenvalue weighted by Crippen LogP contribution is -1.83. The van der Waals surface area contributed by atoms with Crippen LogP contribution >= 0.6 is 31.9 Å². The van der Waals surface area contributed by atoms with Gasteiger partial charge in [0.05, 0.1) is 9.99 Å². The predicted octanol–water partition coefficient (Wildman–Crippen LogP) is 4.26. The van der Waals surface area contributed by atoms with Gasteiger partial charge in [0.2, 0.25) is 0 Å². The van der Waals surface area contributed by atoms with Crippen LogP contribution in [0.4, 0.5) is 0 Å². The third-order valence-electron chi connectivity index (χ3n) is 2.20. The second-order valence-corrected chi connectivity index (χ2v) is 4.60. The van der Waals surface area contributed by atoms with E-state index in [2.05, 4.69) is 55.9 Å². The maximum atomic E-state index is 3.55. The maximum Gasteiger partial charge on any atom is 0.0612 e. The smallest absolute Gasteiger partial charge is 0.0612 e. The van der Waals surface area contributed by atoms with Gasteiger partial charge in [-0.15, -0.1) is 0 Å². The highest BCUT2D eigenvalue weighted by Gasteiger charge is 2.07. The van der Waals surface area contributed by atoms with Gasteiger partial charge in [-0.2, -0.15) is 0 Å². The normalized spacial score (nSPS) is 11.0. The van der Waals surface area contributed by atoms with Crippen molar-refractivity contribution in [1.29, 1.82) is 0 Å². The lowest BCUT2D eigenvalue weighted by Gasteiger charge is -2.04. The third-order valence-corrected chi connectivity index (χ3v) is 4.19. The number of rotatable bonds is 1. The van der Waals surface area contributed by atoms with E-state index in [-0.39, 0.29) is 0 Å². The molecule has 3 heteroatoms. The van der Waals surface area contributed by atoms with Crippen molar-refractivity contribution >= 4 is 42.8 Å². The van der Waals surface area contributed by atoms with Crippen molar-refractivity contribution in [2.45, 2.75) is 13.3 Å². The molecule has 0 bridgehead atoms. The summed E-state index contributed by atoms with van der Waals surface area (Å²) in [5, 5.41) is 1.30. The van der Waals surface area contributed by atoms with E-state index in [0.717, 1.165) is 15.4 Å². The molecule has 1 heterocycles. The van der Waals surface area contributed by atoms with Gasteiger partial charge in [-0.3, -0.25) is 0 Å². The zero-order valence-corrected chi connectivity index (χ0v) is 10.4. The fraction of sp³-hybridized carbons (Fsp3) is 0.200. The Kier molecular flexibility index (Phi) is 2.47. The molecule has 0 aliphatic rings. The van der Waals surface area contributed by atoms with E-state index in [1.54, 1.807) is 0 Å². The van der Waals surface area contributed by atoms with Crippen molar-refractivity contribution < 1.29 is 0 Å². The van der Waals surface area contributed by atoms with E-state index >= 15 is 0 Å². The minimum absolute atomic E-state index is 1.06. The Labute approximate surface area is 93.8 Å². The van der Waals surface area contributed by atoms with Gasteiger partial charge in [0.25, 0.3) is 0 Å². The zero-order chi connectivity index (χ0) is 9.42. The summed E-state index contributed by atoms with van der Waals surface area (Å²) in [7, 11) is 0. The molecule has 0 aliphatic carbocycles. The summed E-state index contributed by atoms with van der Waals surface area (Å²) < 4.78 is 2.21. The Hall–Kier alpha value is -0.280. The average molecular weight is 303 g/mol. The lowest BCUT2D eigenvalue weighted by molar-refractivity contribution is 1.16. The van der Waals surface area contributed by atoms with Crippen molar-refractivity contribution in [2.24, 2.45) is 0 Å². The third kappa shape index (κ3) is 1.44. The van der Waals surface area contributed by atoms with Crippen molar-refractivity contribution in [3.05, 3.63) is 32.8 Å². The van der Waals surface area contributed by atoms with Gasteiger partial charge in [0, 0.05) is 16.1 Å². The van der Waals surface area contributed by atoms with Gasteiger partial charge < -0.3 is 4.98 Å². The number of aromatic amines is 1. The SMILES string of the molecule is CCc1cc(Br)c(Br)c2[nH]ccc12. The van der Waals surface area contributed by atoms with Crippen molar-refractivity contribution in [2.75, 3.05) is 0 Å². The first-order valence-corrected chi connectivity index (χ1v) is 5.76. The largest absolute Gasteiger partial charge is 0.360 e. The highest BCUT2D eigenvalue weighted by Crippen LogP contribution is 2.33. The number of benzene rings is 1. The molecule has 2 rings (SSSR count). The summed E-state index contributed by atoms with van der Waals surface area (Å²) in [5.41, 5.74) is 2.54. The van der Waals surface area contributed by atoms with Crippen molar-refractivity contribution in [3.63, 3.8) is 0 Å². The monoisotopic (exact) mass is 301 g/mol. The fourth-order valence-electron chi connectivity index (χ4n) is 1.52. The molecule has 0 unspecified atom stereocenters. The molecule has 1 N–H and O–H groups in total. The second kappa shape index (κ2) is 3.46. The Balaban J connectivity index is 2.87. The van der Waals surface area contributed by atoms with Crippen LogP contribution in [0, 0.1) is 0 Å². The number of fused-ring (bicyclic) bond motifs is 1. The quantitative estimate of drug-likeness (QED) is 0.810. The second-order valence-electron chi connectivity index (χ2n) is 2.95. The van der Waals surface area contributed by atoms with E-state index in [4.69, 9.17) is 0 Å². The van der Waals surface area contributed by atoms with Crippen LogP contribution in [-0.2, 0) is 6.42 Å². The first-order valence-electron chi connectivity index (χ1n) is 4.18. The number of halogens is 2. The first-order chi connectivity index (χ1) is 6.24. The van der Waals surface area contributed by atoms with E-state index in [0.29, 0.717) is 0 Å². The lowest BCUT2D eigenvalue weighted by atomic mass is 10.1. The fourth-order valence-corrected chi connectivity index (χ4v) is 2.44. The molecule has 0 saturated carbocycles. The highest BCUT2D eigenvalue weighted by molar-refractivity contribution is 9.13. The molecule has 0 radical (unpaired) electrons. The summed E-state index contributed by atoms with van der Waals surface area (Å²) in [6.45, 7) is 2.17. The molecule has 0 aliphatic heterocycles. The van der Waals surface area contributed by atoms with Crippen LogP contribution in [0.15, 0.2) is 27.3 Å². The van der Waals surface area contributed by atoms with Crippen LogP contribution < -0.4 is 0 Å². The topological polar surface area (TPSA) is 15.8 Å². The van der Waals surface area contributed by atoms with Gasteiger partial charge in [0.15, 0.2) is 0 Å². The predicted molar refractivity (Wildman–Crippen MR) is 63.1 cm³/mol. The van der Waals surface area contributed by atoms with Gasteiger partial charge in [-0.05, 0) is 56.0 Å². The molecule has 0 fully saturated rings. The number of aryl methyl sites for hydroxylation is 1. The maximum absolute atomic E-state index is 3.55. The molecular weight excluding hydrogens is 294 g/mol. The van der Waals surface area contributed by atoms with E-state index in [1.807, 2.05) is 6.20 Å². The van der Waals surface area contributed by atoms with Crippen molar-refractivity contribution in [1.82, 2.24) is 4.98 Å². The van der Waals surface area contributed by atoms with E-state index < -0.39 is 0 Å². The van der Waals surface area contributed by atoms with E-state index in [9.17, 15) is 0 Å². The van der Waals surface area contributed by atoms with Gasteiger partial charge in [-0.25, -0.2) is 0 Å². The Morgan fingerprint density at radius 2 is 2.15 bits per heavy atom. The minimum Gasteiger partial charge on any atom is -0.360 e. The summed E-state index contributed by atoms with van der Waals surface area (Å²) >= 11 is 7.07. The summed E-state index contributed by atoms with van der Waals surface area (Å²) in [4.78, 5) is 3.23.